The van der Waals surface area contributed by atoms with E-state index in [1.165, 1.54) is 12.1 Å². The van der Waals surface area contributed by atoms with E-state index in [1.807, 2.05) is 11.0 Å². The number of carbonyl (C=O) groups is 1. The van der Waals surface area contributed by atoms with Crippen molar-refractivity contribution in [3.05, 3.63) is 64.2 Å². The summed E-state index contributed by atoms with van der Waals surface area (Å²) in [5.74, 6) is -0.0879. The molecule has 170 valence electrons. The van der Waals surface area contributed by atoms with Crippen LogP contribution in [0.2, 0.25) is 5.02 Å². The second-order valence-electron chi connectivity index (χ2n) is 7.67. The van der Waals surface area contributed by atoms with E-state index in [2.05, 4.69) is 0 Å². The second-order valence-corrected chi connectivity index (χ2v) is 8.08. The van der Waals surface area contributed by atoms with Gasteiger partial charge in [0.05, 0.1) is 16.1 Å². The van der Waals surface area contributed by atoms with Gasteiger partial charge in [0.2, 0.25) is 5.91 Å². The maximum absolute atomic E-state index is 13.6. The van der Waals surface area contributed by atoms with Crippen molar-refractivity contribution in [1.29, 1.82) is 5.26 Å². The molecule has 3 rings (SSSR count). The van der Waals surface area contributed by atoms with Crippen molar-refractivity contribution in [2.45, 2.75) is 38.0 Å². The molecular formula is C23H23ClF3N3O2. The first-order valence-corrected chi connectivity index (χ1v) is 10.6. The fourth-order valence-electron chi connectivity index (χ4n) is 3.93. The molecule has 0 bridgehead atoms. The van der Waals surface area contributed by atoms with Crippen LogP contribution in [-0.4, -0.2) is 41.7 Å². The number of hydrogen-bond acceptors (Lipinski definition) is 4. The lowest BCUT2D eigenvalue weighted by atomic mass is 10.0. The molecule has 32 heavy (non-hydrogen) atoms. The van der Waals surface area contributed by atoms with Crippen molar-refractivity contribution >= 4 is 23.2 Å². The molecule has 0 saturated carbocycles. The fraction of sp³-hybridized carbons (Fsp3) is 0.391. The molecule has 1 N–H and O–H groups in total. The van der Waals surface area contributed by atoms with Gasteiger partial charge in [-0.25, -0.2) is 0 Å². The molecule has 1 atom stereocenters. The lowest BCUT2D eigenvalue weighted by molar-refractivity contribution is -0.138. The fourth-order valence-corrected chi connectivity index (χ4v) is 4.15. The minimum absolute atomic E-state index is 0.0265. The first-order valence-electron chi connectivity index (χ1n) is 10.2. The number of alkyl halides is 3. The molecule has 1 saturated heterocycles. The van der Waals surface area contributed by atoms with Crippen LogP contribution < -0.4 is 4.90 Å². The SMILES string of the molecule is N#Cc1ccc(N(Cc2ccccc2C(F)(F)F)[C@H]2CCN(C(=O)CCCO)C2)cc1Cl. The zero-order chi connectivity index (χ0) is 23.3. The Hall–Kier alpha value is -2.76. The van der Waals surface area contributed by atoms with Gasteiger partial charge >= 0.3 is 6.18 Å². The monoisotopic (exact) mass is 465 g/mol. The first kappa shape index (κ1) is 23.9. The van der Waals surface area contributed by atoms with E-state index in [1.54, 1.807) is 29.2 Å². The summed E-state index contributed by atoms with van der Waals surface area (Å²) in [5.41, 5.74) is 0.267. The van der Waals surface area contributed by atoms with Gasteiger partial charge in [-0.2, -0.15) is 18.4 Å². The van der Waals surface area contributed by atoms with Crippen molar-refractivity contribution in [3.8, 4) is 6.07 Å². The molecule has 1 amide bonds. The number of likely N-dealkylation sites (tertiary alicyclic amines) is 1. The third-order valence-electron chi connectivity index (χ3n) is 5.57. The van der Waals surface area contributed by atoms with Crippen LogP contribution in [0, 0.1) is 11.3 Å². The van der Waals surface area contributed by atoms with Crippen LogP contribution in [0.1, 0.15) is 36.0 Å². The van der Waals surface area contributed by atoms with E-state index >= 15 is 0 Å². The summed E-state index contributed by atoms with van der Waals surface area (Å²) in [4.78, 5) is 15.9. The second kappa shape index (κ2) is 10.2. The highest BCUT2D eigenvalue weighted by Crippen LogP contribution is 2.35. The number of hydrogen-bond donors (Lipinski definition) is 1. The predicted octanol–water partition coefficient (Wildman–Crippen LogP) is 4.61. The largest absolute Gasteiger partial charge is 0.416 e. The number of nitriles is 1. The average Bonchev–Trinajstić information content (AvgIpc) is 3.25. The number of aliphatic hydroxyl groups excluding tert-OH is 1. The number of rotatable bonds is 7. The Balaban J connectivity index is 1.93. The average molecular weight is 466 g/mol. The van der Waals surface area contributed by atoms with Gasteiger partial charge in [0.25, 0.3) is 0 Å². The van der Waals surface area contributed by atoms with Crippen LogP contribution in [-0.2, 0) is 17.5 Å². The van der Waals surface area contributed by atoms with Crippen LogP contribution in [0.5, 0.6) is 0 Å². The van der Waals surface area contributed by atoms with Crippen molar-refractivity contribution in [2.24, 2.45) is 0 Å². The van der Waals surface area contributed by atoms with E-state index in [0.29, 0.717) is 31.6 Å². The summed E-state index contributed by atoms with van der Waals surface area (Å²) < 4.78 is 40.7. The van der Waals surface area contributed by atoms with Crippen molar-refractivity contribution in [3.63, 3.8) is 0 Å². The number of amides is 1. The van der Waals surface area contributed by atoms with Gasteiger partial charge in [-0.1, -0.05) is 29.8 Å². The minimum atomic E-state index is -4.49. The molecule has 0 aliphatic carbocycles. The summed E-state index contributed by atoms with van der Waals surface area (Å²) in [5, 5.41) is 18.3. The van der Waals surface area contributed by atoms with E-state index in [4.69, 9.17) is 22.0 Å². The first-order chi connectivity index (χ1) is 15.2. The van der Waals surface area contributed by atoms with E-state index < -0.39 is 11.7 Å². The molecule has 5 nitrogen and oxygen atoms in total. The number of aliphatic hydroxyl groups is 1. The summed E-state index contributed by atoms with van der Waals surface area (Å²) in [7, 11) is 0. The zero-order valence-electron chi connectivity index (χ0n) is 17.3. The third-order valence-corrected chi connectivity index (χ3v) is 5.89. The van der Waals surface area contributed by atoms with Crippen LogP contribution in [0.25, 0.3) is 0 Å². The minimum Gasteiger partial charge on any atom is -0.396 e. The Morgan fingerprint density at radius 2 is 2.03 bits per heavy atom. The van der Waals surface area contributed by atoms with Gasteiger partial charge in [-0.15, -0.1) is 0 Å². The van der Waals surface area contributed by atoms with Gasteiger partial charge in [0.1, 0.15) is 6.07 Å². The van der Waals surface area contributed by atoms with Crippen molar-refractivity contribution in [2.75, 3.05) is 24.6 Å². The quantitative estimate of drug-likeness (QED) is 0.648. The molecule has 0 aromatic heterocycles. The number of anilines is 1. The van der Waals surface area contributed by atoms with Gasteiger partial charge in [0.15, 0.2) is 0 Å². The topological polar surface area (TPSA) is 67.6 Å². The molecule has 0 radical (unpaired) electrons. The van der Waals surface area contributed by atoms with Crippen molar-refractivity contribution < 1.29 is 23.1 Å². The zero-order valence-corrected chi connectivity index (χ0v) is 18.0. The smallest absolute Gasteiger partial charge is 0.396 e. The van der Waals surface area contributed by atoms with Crippen LogP contribution in [0.4, 0.5) is 18.9 Å². The van der Waals surface area contributed by atoms with Gasteiger partial charge in [0, 0.05) is 44.4 Å². The third kappa shape index (κ3) is 5.53. The number of benzene rings is 2. The molecule has 1 fully saturated rings. The molecular weight excluding hydrogens is 443 g/mol. The molecule has 1 aliphatic rings. The lowest BCUT2D eigenvalue weighted by Crippen LogP contribution is -2.39. The molecule has 1 aliphatic heterocycles. The predicted molar refractivity (Wildman–Crippen MR) is 115 cm³/mol. The van der Waals surface area contributed by atoms with E-state index in [0.717, 1.165) is 6.07 Å². The summed E-state index contributed by atoms with van der Waals surface area (Å²) in [6, 6.07) is 12.0. The maximum Gasteiger partial charge on any atom is 0.416 e. The number of halogens is 4. The van der Waals surface area contributed by atoms with E-state index in [9.17, 15) is 18.0 Å². The Kier molecular flexibility index (Phi) is 7.64. The van der Waals surface area contributed by atoms with Crippen LogP contribution in [0.15, 0.2) is 42.5 Å². The molecule has 2 aromatic carbocycles. The van der Waals surface area contributed by atoms with Crippen LogP contribution in [0.3, 0.4) is 0 Å². The van der Waals surface area contributed by atoms with Gasteiger partial charge in [-0.3, -0.25) is 4.79 Å². The normalized spacial score (nSPS) is 16.1. The molecule has 1 heterocycles. The highest BCUT2D eigenvalue weighted by molar-refractivity contribution is 6.32. The standard InChI is InChI=1S/C23H23ClF3N3O2/c24-21-12-18(8-7-16(21)13-28)30(14-17-4-1-2-5-20(17)23(25,26)27)19-9-10-29(15-19)22(32)6-3-11-31/h1-2,4-5,7-8,12,19,31H,3,6,9-11,14-15H2/t19-/m0/s1. The Morgan fingerprint density at radius 3 is 2.69 bits per heavy atom. The van der Waals surface area contributed by atoms with Gasteiger partial charge < -0.3 is 14.9 Å². The molecule has 2 aromatic rings. The van der Waals surface area contributed by atoms with Crippen molar-refractivity contribution in [1.82, 2.24) is 4.90 Å². The van der Waals surface area contributed by atoms with Crippen LogP contribution >= 0.6 is 11.6 Å². The highest BCUT2D eigenvalue weighted by atomic mass is 35.5. The lowest BCUT2D eigenvalue weighted by Gasteiger charge is -2.32. The number of nitrogens with zero attached hydrogens (tertiary/aromatic N) is 3. The summed E-state index contributed by atoms with van der Waals surface area (Å²) in [6.45, 7) is 0.737. The Bertz CT molecular complexity index is 1010. The molecule has 9 heteroatoms. The number of carbonyl (C=O) groups excluding carboxylic acids is 1. The maximum atomic E-state index is 13.6. The summed E-state index contributed by atoms with van der Waals surface area (Å²) >= 11 is 6.21. The molecule has 0 spiro atoms. The summed E-state index contributed by atoms with van der Waals surface area (Å²) in [6.07, 6.45) is -3.32. The Morgan fingerprint density at radius 1 is 1.28 bits per heavy atom. The van der Waals surface area contributed by atoms with Gasteiger partial charge in [-0.05, 0) is 42.7 Å². The molecule has 0 unspecified atom stereocenters. The highest BCUT2D eigenvalue weighted by Gasteiger charge is 2.35. The van der Waals surface area contributed by atoms with E-state index in [-0.39, 0.29) is 47.7 Å². The Labute approximate surface area is 189 Å².